The molecule has 1 aliphatic carbocycles. The molecule has 1 aromatic carbocycles. The van der Waals surface area contributed by atoms with Crippen molar-refractivity contribution < 1.29 is 27.9 Å². The number of carboxylic acid groups (broad SMARTS) is 1. The Labute approximate surface area is 138 Å². The van der Waals surface area contributed by atoms with Crippen molar-refractivity contribution in [2.75, 3.05) is 0 Å². The van der Waals surface area contributed by atoms with Crippen LogP contribution in [-0.4, -0.2) is 23.0 Å². The normalized spacial score (nSPS) is 21.8. The van der Waals surface area contributed by atoms with E-state index in [2.05, 4.69) is 5.32 Å². The van der Waals surface area contributed by atoms with E-state index in [1.807, 2.05) is 0 Å². The second-order valence-electron chi connectivity index (χ2n) is 6.13. The molecule has 0 aliphatic heterocycles. The molecule has 1 aliphatic rings. The van der Waals surface area contributed by atoms with E-state index in [-0.39, 0.29) is 12.3 Å². The lowest BCUT2D eigenvalue weighted by Crippen LogP contribution is -2.43. The monoisotopic (exact) mass is 343 g/mol. The number of amides is 1. The van der Waals surface area contributed by atoms with E-state index in [9.17, 15) is 27.9 Å². The first kappa shape index (κ1) is 18.3. The molecule has 0 heterocycles. The maximum atomic E-state index is 12.5. The Bertz CT molecular complexity index is 584. The van der Waals surface area contributed by atoms with Crippen LogP contribution >= 0.6 is 0 Å². The number of rotatable bonds is 4. The predicted octanol–water partition coefficient (Wildman–Crippen LogP) is 3.40. The SMILES string of the molecule is O=C(Cc1ccc(C(F)(F)F)cc1)N[C@H]1CCCCC[C@H]1C(=O)O. The third-order valence-corrected chi connectivity index (χ3v) is 4.33. The lowest BCUT2D eigenvalue weighted by atomic mass is 9.94. The minimum Gasteiger partial charge on any atom is -0.481 e. The molecular formula is C17H20F3NO3. The summed E-state index contributed by atoms with van der Waals surface area (Å²) < 4.78 is 37.5. The molecule has 0 bridgehead atoms. The van der Waals surface area contributed by atoms with Gasteiger partial charge >= 0.3 is 12.1 Å². The van der Waals surface area contributed by atoms with Crippen LogP contribution in [0.1, 0.15) is 43.2 Å². The number of carboxylic acids is 1. The summed E-state index contributed by atoms with van der Waals surface area (Å²) in [6.45, 7) is 0. The molecule has 1 fully saturated rings. The van der Waals surface area contributed by atoms with Gasteiger partial charge in [-0.25, -0.2) is 0 Å². The predicted molar refractivity (Wildman–Crippen MR) is 81.3 cm³/mol. The summed E-state index contributed by atoms with van der Waals surface area (Å²) in [5.41, 5.74) is -0.303. The summed E-state index contributed by atoms with van der Waals surface area (Å²) in [6.07, 6.45) is -0.723. The highest BCUT2D eigenvalue weighted by atomic mass is 19.4. The van der Waals surface area contributed by atoms with Crippen LogP contribution in [0.15, 0.2) is 24.3 Å². The van der Waals surface area contributed by atoms with Crippen LogP contribution < -0.4 is 5.32 Å². The van der Waals surface area contributed by atoms with Crippen molar-refractivity contribution in [2.45, 2.75) is 50.7 Å². The lowest BCUT2D eigenvalue weighted by molar-refractivity contribution is -0.143. The standard InChI is InChI=1S/C17H20F3NO3/c18-17(19,20)12-8-6-11(7-9-12)10-15(22)21-14-5-3-1-2-4-13(14)16(23)24/h6-9,13-14H,1-5,10H2,(H,21,22)(H,23,24)/t13-,14+/m1/s1. The molecule has 2 rings (SSSR count). The summed E-state index contributed by atoms with van der Waals surface area (Å²) in [6, 6.07) is 3.99. The van der Waals surface area contributed by atoms with Crippen molar-refractivity contribution in [2.24, 2.45) is 5.92 Å². The highest BCUT2D eigenvalue weighted by molar-refractivity contribution is 5.80. The van der Waals surface area contributed by atoms with Crippen LogP contribution in [0.2, 0.25) is 0 Å². The van der Waals surface area contributed by atoms with Crippen molar-refractivity contribution in [3.8, 4) is 0 Å². The fourth-order valence-corrected chi connectivity index (χ4v) is 3.03. The number of alkyl halides is 3. The largest absolute Gasteiger partial charge is 0.481 e. The van der Waals surface area contributed by atoms with Crippen molar-refractivity contribution in [3.63, 3.8) is 0 Å². The summed E-state index contributed by atoms with van der Waals surface area (Å²) in [7, 11) is 0. The molecule has 7 heteroatoms. The van der Waals surface area contributed by atoms with Gasteiger partial charge in [0.05, 0.1) is 17.9 Å². The molecule has 0 radical (unpaired) electrons. The van der Waals surface area contributed by atoms with Gasteiger partial charge < -0.3 is 10.4 Å². The van der Waals surface area contributed by atoms with E-state index in [0.29, 0.717) is 18.4 Å². The molecule has 24 heavy (non-hydrogen) atoms. The summed E-state index contributed by atoms with van der Waals surface area (Å²) in [5.74, 6) is -1.89. The van der Waals surface area contributed by atoms with Crippen LogP contribution in [0.4, 0.5) is 13.2 Å². The van der Waals surface area contributed by atoms with Gasteiger partial charge in [0, 0.05) is 6.04 Å². The van der Waals surface area contributed by atoms with Gasteiger partial charge in [-0.3, -0.25) is 9.59 Å². The molecule has 0 saturated heterocycles. The van der Waals surface area contributed by atoms with Crippen molar-refractivity contribution in [1.29, 1.82) is 0 Å². The third kappa shape index (κ3) is 4.97. The Morgan fingerprint density at radius 2 is 1.71 bits per heavy atom. The maximum absolute atomic E-state index is 12.5. The van der Waals surface area contributed by atoms with Gasteiger partial charge in [-0.05, 0) is 30.5 Å². The topological polar surface area (TPSA) is 66.4 Å². The number of carbonyl (C=O) groups is 2. The first-order valence-corrected chi connectivity index (χ1v) is 7.95. The maximum Gasteiger partial charge on any atom is 0.416 e. The zero-order valence-corrected chi connectivity index (χ0v) is 13.1. The van der Waals surface area contributed by atoms with Gasteiger partial charge in [-0.2, -0.15) is 13.2 Å². The molecule has 4 nitrogen and oxygen atoms in total. The number of hydrogen-bond acceptors (Lipinski definition) is 2. The quantitative estimate of drug-likeness (QED) is 0.824. The number of aliphatic carboxylic acids is 1. The van der Waals surface area contributed by atoms with Gasteiger partial charge in [0.25, 0.3) is 0 Å². The Morgan fingerprint density at radius 3 is 2.29 bits per heavy atom. The lowest BCUT2D eigenvalue weighted by Gasteiger charge is -2.23. The fraction of sp³-hybridized carbons (Fsp3) is 0.529. The van der Waals surface area contributed by atoms with Gasteiger partial charge in [0.2, 0.25) is 5.91 Å². The van der Waals surface area contributed by atoms with Gasteiger partial charge in [0.15, 0.2) is 0 Å². The van der Waals surface area contributed by atoms with Gasteiger partial charge in [0.1, 0.15) is 0 Å². The van der Waals surface area contributed by atoms with E-state index >= 15 is 0 Å². The Hall–Kier alpha value is -2.05. The van der Waals surface area contributed by atoms with Crippen LogP contribution in [0.5, 0.6) is 0 Å². The summed E-state index contributed by atoms with van der Waals surface area (Å²) >= 11 is 0. The van der Waals surface area contributed by atoms with Gasteiger partial charge in [-0.15, -0.1) is 0 Å². The molecule has 0 aromatic heterocycles. The molecule has 132 valence electrons. The number of halogens is 3. The van der Waals surface area contributed by atoms with Crippen LogP contribution in [0, 0.1) is 5.92 Å². The number of benzene rings is 1. The zero-order valence-electron chi connectivity index (χ0n) is 13.1. The van der Waals surface area contributed by atoms with Crippen molar-refractivity contribution in [3.05, 3.63) is 35.4 Å². The Kier molecular flexibility index (Phi) is 5.85. The summed E-state index contributed by atoms with van der Waals surface area (Å²) in [5, 5.41) is 12.0. The third-order valence-electron chi connectivity index (χ3n) is 4.33. The van der Waals surface area contributed by atoms with Crippen molar-refractivity contribution >= 4 is 11.9 Å². The second kappa shape index (κ2) is 7.68. The van der Waals surface area contributed by atoms with Crippen LogP contribution in [0.25, 0.3) is 0 Å². The van der Waals surface area contributed by atoms with E-state index in [4.69, 9.17) is 0 Å². The molecule has 1 amide bonds. The minimum absolute atomic E-state index is 0.0685. The number of carbonyl (C=O) groups excluding carboxylic acids is 1. The molecule has 1 saturated carbocycles. The Balaban J connectivity index is 1.97. The van der Waals surface area contributed by atoms with Gasteiger partial charge in [-0.1, -0.05) is 31.4 Å². The van der Waals surface area contributed by atoms with Crippen LogP contribution in [0.3, 0.4) is 0 Å². The highest BCUT2D eigenvalue weighted by Crippen LogP contribution is 2.29. The molecule has 2 atom stereocenters. The zero-order chi connectivity index (χ0) is 17.7. The molecule has 2 N–H and O–H groups in total. The van der Waals surface area contributed by atoms with E-state index in [0.717, 1.165) is 31.4 Å². The minimum atomic E-state index is -4.41. The number of nitrogens with one attached hydrogen (secondary N) is 1. The molecule has 0 unspecified atom stereocenters. The summed E-state index contributed by atoms with van der Waals surface area (Å²) in [4.78, 5) is 23.4. The van der Waals surface area contributed by atoms with Crippen molar-refractivity contribution in [1.82, 2.24) is 5.32 Å². The number of hydrogen-bond donors (Lipinski definition) is 2. The first-order chi connectivity index (χ1) is 11.3. The van der Waals surface area contributed by atoms with E-state index < -0.39 is 29.7 Å². The van der Waals surface area contributed by atoms with E-state index in [1.165, 1.54) is 12.1 Å². The smallest absolute Gasteiger partial charge is 0.416 e. The molecule has 0 spiro atoms. The second-order valence-corrected chi connectivity index (χ2v) is 6.13. The average Bonchev–Trinajstić information content (AvgIpc) is 2.72. The average molecular weight is 343 g/mol. The van der Waals surface area contributed by atoms with E-state index in [1.54, 1.807) is 0 Å². The fourth-order valence-electron chi connectivity index (χ4n) is 3.03. The highest BCUT2D eigenvalue weighted by Gasteiger charge is 2.31. The molecule has 1 aromatic rings. The first-order valence-electron chi connectivity index (χ1n) is 7.95. The van der Waals surface area contributed by atoms with Crippen LogP contribution in [-0.2, 0) is 22.2 Å². The Morgan fingerprint density at radius 1 is 1.08 bits per heavy atom. The molecular weight excluding hydrogens is 323 g/mol.